The van der Waals surface area contributed by atoms with Gasteiger partial charge in [0.1, 0.15) is 0 Å². The van der Waals surface area contributed by atoms with Crippen molar-refractivity contribution in [2.24, 2.45) is 10.4 Å². The van der Waals surface area contributed by atoms with Gasteiger partial charge in [0.25, 0.3) is 0 Å². The van der Waals surface area contributed by atoms with Crippen molar-refractivity contribution in [3.63, 3.8) is 0 Å². The molecule has 0 spiro atoms. The minimum Gasteiger partial charge on any atom is -0.479 e. The van der Waals surface area contributed by atoms with E-state index < -0.39 is 23.3 Å². The van der Waals surface area contributed by atoms with Crippen molar-refractivity contribution < 1.29 is 19.7 Å². The highest BCUT2D eigenvalue weighted by Crippen LogP contribution is 2.37. The molecule has 1 aromatic heterocycles. The smallest absolute Gasteiger partial charge is 0.336 e. The van der Waals surface area contributed by atoms with Gasteiger partial charge in [-0.15, -0.1) is 0 Å². The molecule has 7 heteroatoms. The van der Waals surface area contributed by atoms with Crippen LogP contribution in [0.1, 0.15) is 64.8 Å². The quantitative estimate of drug-likeness (QED) is 0.693. The van der Waals surface area contributed by atoms with Gasteiger partial charge in [0.15, 0.2) is 11.7 Å². The third-order valence-corrected chi connectivity index (χ3v) is 5.93. The van der Waals surface area contributed by atoms with Gasteiger partial charge in [0.05, 0.1) is 11.6 Å². The molecule has 1 aromatic rings. The molecule has 0 radical (unpaired) electrons. The zero-order chi connectivity index (χ0) is 23.0. The van der Waals surface area contributed by atoms with E-state index in [1.807, 2.05) is 13.1 Å². The number of aliphatic imine (C=N–C) groups is 1. The number of carboxylic acid groups (broad SMARTS) is 1. The van der Waals surface area contributed by atoms with Crippen LogP contribution >= 0.6 is 0 Å². The Hall–Kier alpha value is -2.25. The summed E-state index contributed by atoms with van der Waals surface area (Å²) in [6.07, 6.45) is 7.13. The summed E-state index contributed by atoms with van der Waals surface area (Å²) < 4.78 is 5.62. The largest absolute Gasteiger partial charge is 0.479 e. The van der Waals surface area contributed by atoms with Gasteiger partial charge in [-0.2, -0.15) is 0 Å². The van der Waals surface area contributed by atoms with Crippen LogP contribution in [-0.4, -0.2) is 57.8 Å². The van der Waals surface area contributed by atoms with Crippen molar-refractivity contribution in [1.82, 2.24) is 4.98 Å². The molecular weight excluding hydrogens is 394 g/mol. The van der Waals surface area contributed by atoms with Crippen LogP contribution in [0.2, 0.25) is 0 Å². The first-order chi connectivity index (χ1) is 14.3. The summed E-state index contributed by atoms with van der Waals surface area (Å²) >= 11 is 0. The third-order valence-electron chi connectivity index (χ3n) is 5.93. The fourth-order valence-corrected chi connectivity index (χ4v) is 3.98. The van der Waals surface area contributed by atoms with E-state index in [-0.39, 0.29) is 6.04 Å². The third kappa shape index (κ3) is 5.52. The Morgan fingerprint density at radius 2 is 1.94 bits per heavy atom. The van der Waals surface area contributed by atoms with Crippen molar-refractivity contribution in [1.29, 1.82) is 0 Å². The maximum atomic E-state index is 11.8. The minimum atomic E-state index is -1.82. The number of anilines is 1. The molecule has 0 aliphatic carbocycles. The van der Waals surface area contributed by atoms with Crippen LogP contribution in [-0.2, 0) is 9.53 Å². The molecule has 1 fully saturated rings. The minimum absolute atomic E-state index is 0.344. The molecule has 31 heavy (non-hydrogen) atoms. The molecule has 0 amide bonds. The van der Waals surface area contributed by atoms with E-state index in [9.17, 15) is 15.0 Å². The predicted molar refractivity (Wildman–Crippen MR) is 122 cm³/mol. The van der Waals surface area contributed by atoms with Crippen molar-refractivity contribution >= 4 is 17.9 Å². The number of piperidine rings is 1. The molecule has 170 valence electrons. The Morgan fingerprint density at radius 3 is 2.45 bits per heavy atom. The average molecular weight is 430 g/mol. The van der Waals surface area contributed by atoms with Crippen LogP contribution in [0.4, 0.5) is 5.69 Å². The number of carboxylic acids is 1. The summed E-state index contributed by atoms with van der Waals surface area (Å²) in [7, 11) is 0. The molecule has 2 aliphatic heterocycles. The van der Waals surface area contributed by atoms with Crippen molar-refractivity contribution in [2.45, 2.75) is 77.7 Å². The van der Waals surface area contributed by atoms with Crippen LogP contribution in [0.25, 0.3) is 0 Å². The van der Waals surface area contributed by atoms with Crippen LogP contribution in [0, 0.1) is 12.3 Å². The molecular formula is C24H35N3O4. The topological polar surface area (TPSA) is 95.2 Å². The number of aliphatic hydroxyl groups is 1. The lowest BCUT2D eigenvalue weighted by atomic mass is 9.82. The second kappa shape index (κ2) is 8.36. The van der Waals surface area contributed by atoms with Gasteiger partial charge >= 0.3 is 5.97 Å². The zero-order valence-electron chi connectivity index (χ0n) is 19.4. The van der Waals surface area contributed by atoms with Crippen LogP contribution in [0.5, 0.6) is 0 Å². The van der Waals surface area contributed by atoms with Crippen LogP contribution in [0.15, 0.2) is 29.4 Å². The summed E-state index contributed by atoms with van der Waals surface area (Å²) in [5.41, 5.74) is 0.783. The predicted octanol–water partition coefficient (Wildman–Crippen LogP) is 3.70. The summed E-state index contributed by atoms with van der Waals surface area (Å²) in [4.78, 5) is 23.2. The number of aromatic nitrogens is 1. The Bertz CT molecular complexity index is 861. The zero-order valence-corrected chi connectivity index (χ0v) is 19.4. The number of pyridine rings is 1. The summed E-state index contributed by atoms with van der Waals surface area (Å²) in [5.74, 6) is -1.24. The highest BCUT2D eigenvalue weighted by molar-refractivity contribution is 5.86. The molecule has 2 aliphatic rings. The van der Waals surface area contributed by atoms with Gasteiger partial charge in [-0.3, -0.25) is 9.98 Å². The second-order valence-electron chi connectivity index (χ2n) is 10.5. The van der Waals surface area contributed by atoms with E-state index in [1.165, 1.54) is 12.3 Å². The molecule has 2 N–H and O–H groups in total. The maximum absolute atomic E-state index is 11.8. The summed E-state index contributed by atoms with van der Waals surface area (Å²) in [5, 5.41) is 20.6. The number of rotatable bonds is 5. The van der Waals surface area contributed by atoms with Gasteiger partial charge in [-0.25, -0.2) is 4.79 Å². The monoisotopic (exact) mass is 429 g/mol. The summed E-state index contributed by atoms with van der Waals surface area (Å²) in [6, 6.07) is 1.74. The normalized spacial score (nSPS) is 26.7. The van der Waals surface area contributed by atoms with E-state index in [0.29, 0.717) is 5.41 Å². The standard InChI is InChI=1S/C24H35N3O4/c1-16-13-19(27-11-9-23(5,6)10-12-27)17(14-25-16)18-7-8-24(30,15-26-18)20(21(28)29)31-22(2,3)4/h7-8,13-15,18,20,30H,9-12H2,1-6H3,(H,28,29)/t18?,20-,24?/m1/s1. The first kappa shape index (κ1) is 23.4. The molecule has 0 aromatic carbocycles. The van der Waals surface area contributed by atoms with Gasteiger partial charge in [0, 0.05) is 42.4 Å². The number of hydrogen-bond acceptors (Lipinski definition) is 6. The fraction of sp³-hybridized carbons (Fsp3) is 0.625. The van der Waals surface area contributed by atoms with Gasteiger partial charge in [-0.05, 0) is 58.1 Å². The molecule has 3 rings (SSSR count). The molecule has 3 heterocycles. The molecule has 0 saturated carbocycles. The van der Waals surface area contributed by atoms with E-state index in [0.717, 1.165) is 42.9 Å². The van der Waals surface area contributed by atoms with Gasteiger partial charge < -0.3 is 19.8 Å². The van der Waals surface area contributed by atoms with Crippen molar-refractivity contribution in [3.8, 4) is 0 Å². The molecule has 0 bridgehead atoms. The number of hydrogen-bond donors (Lipinski definition) is 2. The first-order valence-electron chi connectivity index (χ1n) is 10.9. The molecule has 2 unspecified atom stereocenters. The molecule has 7 nitrogen and oxygen atoms in total. The fourth-order valence-electron chi connectivity index (χ4n) is 3.98. The Balaban J connectivity index is 1.86. The first-order valence-corrected chi connectivity index (χ1v) is 10.9. The second-order valence-corrected chi connectivity index (χ2v) is 10.5. The SMILES string of the molecule is Cc1cc(N2CCC(C)(C)CC2)c(C2C=CC(O)([C@H](OC(C)(C)C)C(=O)O)C=N2)cn1. The lowest BCUT2D eigenvalue weighted by Crippen LogP contribution is -2.52. The lowest BCUT2D eigenvalue weighted by Gasteiger charge is -2.39. The van der Waals surface area contributed by atoms with Crippen LogP contribution in [0.3, 0.4) is 0 Å². The van der Waals surface area contributed by atoms with Crippen LogP contribution < -0.4 is 4.90 Å². The molecule has 3 atom stereocenters. The maximum Gasteiger partial charge on any atom is 0.336 e. The van der Waals surface area contributed by atoms with E-state index in [4.69, 9.17) is 4.74 Å². The number of ether oxygens (including phenoxy) is 1. The summed E-state index contributed by atoms with van der Waals surface area (Å²) in [6.45, 7) is 13.8. The van der Waals surface area contributed by atoms with Gasteiger partial charge in [-0.1, -0.05) is 19.9 Å². The Labute approximate surface area is 184 Å². The Kier molecular flexibility index (Phi) is 6.31. The van der Waals surface area contributed by atoms with E-state index >= 15 is 0 Å². The van der Waals surface area contributed by atoms with Gasteiger partial charge in [0.2, 0.25) is 0 Å². The van der Waals surface area contributed by atoms with E-state index in [1.54, 1.807) is 26.8 Å². The van der Waals surface area contributed by atoms with Crippen molar-refractivity contribution in [3.05, 3.63) is 35.7 Å². The number of nitrogens with zero attached hydrogens (tertiary/aromatic N) is 3. The number of aliphatic carboxylic acids is 1. The average Bonchev–Trinajstić information content (AvgIpc) is 2.66. The number of carbonyl (C=O) groups is 1. The van der Waals surface area contributed by atoms with Crippen molar-refractivity contribution in [2.75, 3.05) is 18.0 Å². The number of dihydropyridines is 1. The molecule has 1 saturated heterocycles. The van der Waals surface area contributed by atoms with E-state index in [2.05, 4.69) is 34.8 Å². The lowest BCUT2D eigenvalue weighted by molar-refractivity contribution is -0.173. The highest BCUT2D eigenvalue weighted by Gasteiger charge is 2.43. The number of aryl methyl sites for hydroxylation is 1. The Morgan fingerprint density at radius 1 is 1.29 bits per heavy atom. The highest BCUT2D eigenvalue weighted by atomic mass is 16.5.